The summed E-state index contributed by atoms with van der Waals surface area (Å²) in [5.74, 6) is 1.56. The van der Waals surface area contributed by atoms with Crippen LogP contribution in [0, 0.1) is 0 Å². The van der Waals surface area contributed by atoms with E-state index in [2.05, 4.69) is 0 Å². The van der Waals surface area contributed by atoms with E-state index in [1.54, 1.807) is 0 Å². The normalized spacial score (nSPS) is 13.5. The molecular weight excluding hydrogens is 200 g/mol. The molecule has 1 aliphatic heterocycles. The lowest BCUT2D eigenvalue weighted by molar-refractivity contribution is 0.174. The number of hydrogen-bond acceptors (Lipinski definition) is 2. The second-order valence-corrected chi connectivity index (χ2v) is 3.57. The van der Waals surface area contributed by atoms with Crippen LogP contribution in [0.4, 0.5) is 0 Å². The molecule has 1 heterocycles. The lowest BCUT2D eigenvalue weighted by Gasteiger charge is -2.01. The first-order valence-corrected chi connectivity index (χ1v) is 4.70. The Hall–Kier alpha value is -1.41. The molecular formula is C11H7ClO2. The van der Waals surface area contributed by atoms with Crippen molar-refractivity contribution < 1.29 is 9.47 Å². The molecule has 2 nitrogen and oxygen atoms in total. The molecule has 2 aromatic carbocycles. The van der Waals surface area contributed by atoms with Gasteiger partial charge in [-0.2, -0.15) is 0 Å². The van der Waals surface area contributed by atoms with Crippen molar-refractivity contribution in [3.8, 4) is 11.5 Å². The maximum atomic E-state index is 6.06. The van der Waals surface area contributed by atoms with E-state index in [1.165, 1.54) is 0 Å². The fourth-order valence-corrected chi connectivity index (χ4v) is 1.86. The van der Waals surface area contributed by atoms with Gasteiger partial charge in [-0.1, -0.05) is 23.7 Å². The zero-order valence-electron chi connectivity index (χ0n) is 7.29. The van der Waals surface area contributed by atoms with E-state index in [0.717, 1.165) is 27.3 Å². The molecule has 0 fully saturated rings. The highest BCUT2D eigenvalue weighted by atomic mass is 35.5. The SMILES string of the molecule is Clc1cccc2cc3c(cc12)OCO3. The maximum absolute atomic E-state index is 6.06. The topological polar surface area (TPSA) is 18.5 Å². The van der Waals surface area contributed by atoms with Crippen LogP contribution in [0.3, 0.4) is 0 Å². The minimum absolute atomic E-state index is 0.295. The minimum Gasteiger partial charge on any atom is -0.454 e. The van der Waals surface area contributed by atoms with Gasteiger partial charge in [-0.25, -0.2) is 0 Å². The monoisotopic (exact) mass is 206 g/mol. The fourth-order valence-electron chi connectivity index (χ4n) is 1.63. The first-order chi connectivity index (χ1) is 6.84. The van der Waals surface area contributed by atoms with E-state index >= 15 is 0 Å². The van der Waals surface area contributed by atoms with Crippen LogP contribution in [0.25, 0.3) is 10.8 Å². The standard InChI is InChI=1S/C11H7ClO2/c12-9-3-1-2-7-4-10-11(5-8(7)9)14-6-13-10/h1-5H,6H2. The lowest BCUT2D eigenvalue weighted by atomic mass is 10.1. The highest BCUT2D eigenvalue weighted by Crippen LogP contribution is 2.38. The average molecular weight is 207 g/mol. The predicted molar refractivity (Wildman–Crippen MR) is 55.1 cm³/mol. The lowest BCUT2D eigenvalue weighted by Crippen LogP contribution is -1.92. The van der Waals surface area contributed by atoms with Gasteiger partial charge in [0.15, 0.2) is 11.5 Å². The molecule has 0 atom stereocenters. The Balaban J connectivity index is 2.39. The Morgan fingerprint density at radius 3 is 2.71 bits per heavy atom. The van der Waals surface area contributed by atoms with Crippen molar-refractivity contribution in [1.29, 1.82) is 0 Å². The molecule has 0 saturated carbocycles. The van der Waals surface area contributed by atoms with Crippen LogP contribution in [0.5, 0.6) is 11.5 Å². The molecule has 0 aromatic heterocycles. The van der Waals surface area contributed by atoms with Gasteiger partial charge in [-0.15, -0.1) is 0 Å². The number of fused-ring (bicyclic) bond motifs is 2. The van der Waals surface area contributed by atoms with Crippen LogP contribution >= 0.6 is 11.6 Å². The second kappa shape index (κ2) is 2.79. The summed E-state index contributed by atoms with van der Waals surface area (Å²) in [5.41, 5.74) is 0. The second-order valence-electron chi connectivity index (χ2n) is 3.17. The maximum Gasteiger partial charge on any atom is 0.231 e. The molecule has 70 valence electrons. The number of hydrogen-bond donors (Lipinski definition) is 0. The van der Waals surface area contributed by atoms with Crippen LogP contribution in [0.15, 0.2) is 30.3 Å². The Morgan fingerprint density at radius 1 is 1.07 bits per heavy atom. The van der Waals surface area contributed by atoms with Crippen molar-refractivity contribution in [2.75, 3.05) is 6.79 Å². The summed E-state index contributed by atoms with van der Waals surface area (Å²) in [6.45, 7) is 0.295. The summed E-state index contributed by atoms with van der Waals surface area (Å²) in [7, 11) is 0. The average Bonchev–Trinajstić information content (AvgIpc) is 2.62. The molecule has 2 aromatic rings. The van der Waals surface area contributed by atoms with Crippen LogP contribution in [-0.4, -0.2) is 6.79 Å². The molecule has 3 heteroatoms. The largest absolute Gasteiger partial charge is 0.454 e. The number of halogens is 1. The van der Waals surface area contributed by atoms with Crippen molar-refractivity contribution in [1.82, 2.24) is 0 Å². The third-order valence-electron chi connectivity index (χ3n) is 2.32. The molecule has 0 amide bonds. The van der Waals surface area contributed by atoms with Gasteiger partial charge in [0, 0.05) is 10.4 Å². The third-order valence-corrected chi connectivity index (χ3v) is 2.65. The van der Waals surface area contributed by atoms with Crippen LogP contribution in [0.2, 0.25) is 5.02 Å². The molecule has 3 rings (SSSR count). The third kappa shape index (κ3) is 1.04. The highest BCUT2D eigenvalue weighted by Gasteiger charge is 2.14. The van der Waals surface area contributed by atoms with E-state index in [-0.39, 0.29) is 0 Å². The van der Waals surface area contributed by atoms with Gasteiger partial charge in [0.25, 0.3) is 0 Å². The summed E-state index contributed by atoms with van der Waals surface area (Å²) in [6.07, 6.45) is 0. The van der Waals surface area contributed by atoms with Crippen molar-refractivity contribution in [3.63, 3.8) is 0 Å². The van der Waals surface area contributed by atoms with Crippen LogP contribution in [0.1, 0.15) is 0 Å². The molecule has 0 aliphatic carbocycles. The summed E-state index contributed by atoms with van der Waals surface area (Å²) in [4.78, 5) is 0. The Kier molecular flexibility index (Phi) is 1.58. The first-order valence-electron chi connectivity index (χ1n) is 4.32. The number of ether oxygens (including phenoxy) is 2. The van der Waals surface area contributed by atoms with Crippen LogP contribution in [-0.2, 0) is 0 Å². The summed E-state index contributed by atoms with van der Waals surface area (Å²) in [5, 5.41) is 2.81. The Morgan fingerprint density at radius 2 is 1.86 bits per heavy atom. The van der Waals surface area contributed by atoms with Crippen molar-refractivity contribution >= 4 is 22.4 Å². The number of rotatable bonds is 0. The molecule has 0 radical (unpaired) electrons. The minimum atomic E-state index is 0.295. The predicted octanol–water partition coefficient (Wildman–Crippen LogP) is 3.22. The van der Waals surface area contributed by atoms with Gasteiger partial charge in [0.1, 0.15) is 0 Å². The van der Waals surface area contributed by atoms with Crippen LogP contribution < -0.4 is 9.47 Å². The first kappa shape index (κ1) is 7.94. The molecule has 1 aliphatic rings. The summed E-state index contributed by atoms with van der Waals surface area (Å²) in [6, 6.07) is 9.66. The molecule has 0 spiro atoms. The van der Waals surface area contributed by atoms with Gasteiger partial charge >= 0.3 is 0 Å². The summed E-state index contributed by atoms with van der Waals surface area (Å²) < 4.78 is 10.6. The summed E-state index contributed by atoms with van der Waals surface area (Å²) >= 11 is 6.06. The van der Waals surface area contributed by atoms with E-state index in [1.807, 2.05) is 30.3 Å². The van der Waals surface area contributed by atoms with E-state index in [4.69, 9.17) is 21.1 Å². The molecule has 0 unspecified atom stereocenters. The molecule has 14 heavy (non-hydrogen) atoms. The number of benzene rings is 2. The molecule has 0 N–H and O–H groups in total. The van der Waals surface area contributed by atoms with Gasteiger partial charge < -0.3 is 9.47 Å². The zero-order chi connectivity index (χ0) is 9.54. The van der Waals surface area contributed by atoms with Crippen molar-refractivity contribution in [2.45, 2.75) is 0 Å². The highest BCUT2D eigenvalue weighted by molar-refractivity contribution is 6.35. The van der Waals surface area contributed by atoms with Crippen molar-refractivity contribution in [3.05, 3.63) is 35.4 Å². The van der Waals surface area contributed by atoms with Gasteiger partial charge in [-0.3, -0.25) is 0 Å². The molecule has 0 saturated heterocycles. The van der Waals surface area contributed by atoms with Crippen molar-refractivity contribution in [2.24, 2.45) is 0 Å². The molecule has 0 bridgehead atoms. The van der Waals surface area contributed by atoms with Gasteiger partial charge in [0.2, 0.25) is 6.79 Å². The van der Waals surface area contributed by atoms with E-state index in [9.17, 15) is 0 Å². The smallest absolute Gasteiger partial charge is 0.231 e. The van der Waals surface area contributed by atoms with Gasteiger partial charge in [0.05, 0.1) is 0 Å². The fraction of sp³-hybridized carbons (Fsp3) is 0.0909. The van der Waals surface area contributed by atoms with E-state index in [0.29, 0.717) is 6.79 Å². The Bertz CT molecular complexity index is 508. The van der Waals surface area contributed by atoms with Gasteiger partial charge in [-0.05, 0) is 23.6 Å². The Labute approximate surface area is 86.0 Å². The van der Waals surface area contributed by atoms with E-state index < -0.39 is 0 Å². The quantitative estimate of drug-likeness (QED) is 0.659. The zero-order valence-corrected chi connectivity index (χ0v) is 8.04.